The lowest BCUT2D eigenvalue weighted by molar-refractivity contribution is -0.137. The Labute approximate surface area is 122 Å². The van der Waals surface area contributed by atoms with Crippen LogP contribution in [-0.4, -0.2) is 16.9 Å². The number of carboxylic acids is 1. The largest absolute Gasteiger partial charge is 0.481 e. The Bertz CT molecular complexity index is 266. The van der Waals surface area contributed by atoms with Crippen molar-refractivity contribution in [1.29, 1.82) is 0 Å². The van der Waals surface area contributed by atoms with E-state index in [1.807, 2.05) is 0 Å². The molecule has 0 bridgehead atoms. The van der Waals surface area contributed by atoms with Gasteiger partial charge in [-0.25, -0.2) is 0 Å². The second kappa shape index (κ2) is 11.3. The molecule has 0 heterocycles. The molecule has 0 amide bonds. The molecule has 1 saturated carbocycles. The second-order valence-corrected chi connectivity index (χ2v) is 5.46. The van der Waals surface area contributed by atoms with E-state index in [1.54, 1.807) is 0 Å². The number of hydrogen-bond acceptors (Lipinski definition) is 2. The highest BCUT2D eigenvalue weighted by atomic mass is 35.5. The van der Waals surface area contributed by atoms with Crippen LogP contribution in [0, 0.1) is 5.92 Å². The predicted molar refractivity (Wildman–Crippen MR) is 78.8 cm³/mol. The molecule has 0 aromatic heterocycles. The van der Waals surface area contributed by atoms with Crippen molar-refractivity contribution in [3.63, 3.8) is 0 Å². The SMILES string of the molecule is Cl.O=C(O)CCC1CCCCCCCCCCC1=O. The first-order valence-electron chi connectivity index (χ1n) is 7.44. The highest BCUT2D eigenvalue weighted by Crippen LogP contribution is 2.22. The fourth-order valence-electron chi connectivity index (χ4n) is 2.72. The van der Waals surface area contributed by atoms with E-state index in [9.17, 15) is 9.59 Å². The molecule has 0 aromatic rings. The summed E-state index contributed by atoms with van der Waals surface area (Å²) in [6, 6.07) is 0. The molecule has 1 atom stereocenters. The number of hydrogen-bond donors (Lipinski definition) is 1. The summed E-state index contributed by atoms with van der Waals surface area (Å²) in [7, 11) is 0. The number of ketones is 1. The minimum Gasteiger partial charge on any atom is -0.481 e. The van der Waals surface area contributed by atoms with Gasteiger partial charge in [0.15, 0.2) is 0 Å². The van der Waals surface area contributed by atoms with E-state index in [-0.39, 0.29) is 24.7 Å². The highest BCUT2D eigenvalue weighted by Gasteiger charge is 2.18. The summed E-state index contributed by atoms with van der Waals surface area (Å²) in [5.41, 5.74) is 0. The van der Waals surface area contributed by atoms with E-state index < -0.39 is 5.97 Å². The van der Waals surface area contributed by atoms with Gasteiger partial charge in [-0.2, -0.15) is 0 Å². The van der Waals surface area contributed by atoms with Gasteiger partial charge in [0.1, 0.15) is 5.78 Å². The normalized spacial score (nSPS) is 22.7. The van der Waals surface area contributed by atoms with Crippen molar-refractivity contribution >= 4 is 24.2 Å². The molecule has 1 aliphatic carbocycles. The zero-order chi connectivity index (χ0) is 13.2. The van der Waals surface area contributed by atoms with Crippen LogP contribution in [0.15, 0.2) is 0 Å². The molecular formula is C15H27ClO3. The number of carbonyl (C=O) groups is 2. The molecule has 0 aromatic carbocycles. The molecule has 4 heteroatoms. The van der Waals surface area contributed by atoms with Crippen molar-refractivity contribution in [2.75, 3.05) is 0 Å². The van der Waals surface area contributed by atoms with Crippen molar-refractivity contribution in [3.8, 4) is 0 Å². The molecule has 3 nitrogen and oxygen atoms in total. The topological polar surface area (TPSA) is 54.4 Å². The minimum atomic E-state index is -0.783. The van der Waals surface area contributed by atoms with Crippen LogP contribution in [0.25, 0.3) is 0 Å². The zero-order valence-corrected chi connectivity index (χ0v) is 12.6. The lowest BCUT2D eigenvalue weighted by Gasteiger charge is -2.15. The summed E-state index contributed by atoms with van der Waals surface area (Å²) in [5, 5.41) is 8.73. The Hall–Kier alpha value is -0.570. The van der Waals surface area contributed by atoms with Gasteiger partial charge in [-0.1, -0.05) is 44.9 Å². The molecule has 1 N–H and O–H groups in total. The van der Waals surface area contributed by atoms with E-state index in [2.05, 4.69) is 0 Å². The molecule has 0 saturated heterocycles. The third-order valence-corrected chi connectivity index (χ3v) is 3.89. The minimum absolute atomic E-state index is 0. The van der Waals surface area contributed by atoms with E-state index >= 15 is 0 Å². The second-order valence-electron chi connectivity index (χ2n) is 5.46. The van der Waals surface area contributed by atoms with Crippen LogP contribution < -0.4 is 0 Å². The van der Waals surface area contributed by atoms with Gasteiger partial charge in [-0.15, -0.1) is 12.4 Å². The van der Waals surface area contributed by atoms with Crippen LogP contribution in [0.2, 0.25) is 0 Å². The number of rotatable bonds is 3. The van der Waals surface area contributed by atoms with Crippen molar-refractivity contribution in [2.24, 2.45) is 5.92 Å². The molecule has 1 aliphatic rings. The summed E-state index contributed by atoms with van der Waals surface area (Å²) in [6.45, 7) is 0. The highest BCUT2D eigenvalue weighted by molar-refractivity contribution is 5.85. The molecule has 0 spiro atoms. The number of Topliss-reactive ketones (excluding diaryl/α,β-unsaturated/α-hetero) is 1. The number of aliphatic carboxylic acids is 1. The molecule has 1 fully saturated rings. The maximum absolute atomic E-state index is 12.0. The first kappa shape index (κ1) is 18.4. The molecule has 0 aliphatic heterocycles. The average Bonchev–Trinajstić information content (AvgIpc) is 2.32. The number of carboxylic acid groups (broad SMARTS) is 1. The Morgan fingerprint density at radius 2 is 1.53 bits per heavy atom. The molecular weight excluding hydrogens is 264 g/mol. The zero-order valence-electron chi connectivity index (χ0n) is 11.7. The predicted octanol–water partition coefficient (Wildman–Crippen LogP) is 4.37. The number of carbonyl (C=O) groups excluding carboxylic acids is 1. The maximum atomic E-state index is 12.0. The molecule has 1 rings (SSSR count). The van der Waals surface area contributed by atoms with Gasteiger partial charge in [-0.3, -0.25) is 9.59 Å². The van der Waals surface area contributed by atoms with Crippen LogP contribution in [-0.2, 0) is 9.59 Å². The molecule has 112 valence electrons. The Morgan fingerprint density at radius 3 is 2.11 bits per heavy atom. The molecule has 1 unspecified atom stereocenters. The Balaban J connectivity index is 0.00000324. The first-order chi connectivity index (χ1) is 8.70. The first-order valence-corrected chi connectivity index (χ1v) is 7.44. The third kappa shape index (κ3) is 9.04. The number of halogens is 1. The lowest BCUT2D eigenvalue weighted by Crippen LogP contribution is -2.16. The van der Waals surface area contributed by atoms with E-state index in [4.69, 9.17) is 5.11 Å². The monoisotopic (exact) mass is 290 g/mol. The van der Waals surface area contributed by atoms with Crippen LogP contribution in [0.1, 0.15) is 77.0 Å². The van der Waals surface area contributed by atoms with Gasteiger partial charge >= 0.3 is 5.97 Å². The van der Waals surface area contributed by atoms with Gasteiger partial charge in [0.05, 0.1) is 0 Å². The van der Waals surface area contributed by atoms with E-state index in [1.165, 1.54) is 32.1 Å². The quantitative estimate of drug-likeness (QED) is 0.839. The van der Waals surface area contributed by atoms with Crippen LogP contribution in [0.4, 0.5) is 0 Å². The summed E-state index contributed by atoms with van der Waals surface area (Å²) in [6.07, 6.45) is 11.8. The summed E-state index contributed by atoms with van der Waals surface area (Å²) < 4.78 is 0. The van der Waals surface area contributed by atoms with Crippen LogP contribution in [0.3, 0.4) is 0 Å². The standard InChI is InChI=1S/C15H26O3.ClH/c16-14-10-8-6-4-2-1-3-5-7-9-13(14)11-12-15(17)18;/h13H,1-12H2,(H,17,18);1H. The Morgan fingerprint density at radius 1 is 1.00 bits per heavy atom. The van der Waals surface area contributed by atoms with Crippen molar-refractivity contribution in [2.45, 2.75) is 77.0 Å². The summed E-state index contributed by atoms with van der Waals surface area (Å²) >= 11 is 0. The van der Waals surface area contributed by atoms with Crippen LogP contribution >= 0.6 is 12.4 Å². The fraction of sp³-hybridized carbons (Fsp3) is 0.867. The van der Waals surface area contributed by atoms with Gasteiger partial charge in [0.25, 0.3) is 0 Å². The smallest absolute Gasteiger partial charge is 0.303 e. The summed E-state index contributed by atoms with van der Waals surface area (Å²) in [4.78, 5) is 22.7. The van der Waals surface area contributed by atoms with Gasteiger partial charge < -0.3 is 5.11 Å². The Kier molecular flexibility index (Phi) is 10.9. The lowest BCUT2D eigenvalue weighted by atomic mass is 9.88. The van der Waals surface area contributed by atoms with E-state index in [0.29, 0.717) is 18.6 Å². The van der Waals surface area contributed by atoms with Gasteiger partial charge in [-0.05, 0) is 19.3 Å². The average molecular weight is 291 g/mol. The van der Waals surface area contributed by atoms with Crippen LogP contribution in [0.5, 0.6) is 0 Å². The summed E-state index contributed by atoms with van der Waals surface area (Å²) in [5.74, 6) is -0.480. The fourth-order valence-corrected chi connectivity index (χ4v) is 2.72. The van der Waals surface area contributed by atoms with Crippen molar-refractivity contribution < 1.29 is 14.7 Å². The van der Waals surface area contributed by atoms with E-state index in [0.717, 1.165) is 25.7 Å². The third-order valence-electron chi connectivity index (χ3n) is 3.89. The van der Waals surface area contributed by atoms with Gasteiger partial charge in [0.2, 0.25) is 0 Å². The molecule has 0 radical (unpaired) electrons. The van der Waals surface area contributed by atoms with Crippen molar-refractivity contribution in [1.82, 2.24) is 0 Å². The molecule has 19 heavy (non-hydrogen) atoms. The van der Waals surface area contributed by atoms with Crippen molar-refractivity contribution in [3.05, 3.63) is 0 Å². The van der Waals surface area contributed by atoms with Gasteiger partial charge in [0, 0.05) is 18.8 Å². The maximum Gasteiger partial charge on any atom is 0.303 e.